The zero-order valence-electron chi connectivity index (χ0n) is 8.86. The van der Waals surface area contributed by atoms with E-state index in [9.17, 15) is 0 Å². The molecule has 0 saturated carbocycles. The average molecular weight is 204 g/mol. The molecular formula is C12H16N2O. The minimum Gasteiger partial charge on any atom is -0.479 e. The summed E-state index contributed by atoms with van der Waals surface area (Å²) in [7, 11) is 0. The van der Waals surface area contributed by atoms with Crippen molar-refractivity contribution >= 4 is 6.21 Å². The number of hydrogen-bond donors (Lipinski definition) is 2. The van der Waals surface area contributed by atoms with Crippen LogP contribution in [0.3, 0.4) is 0 Å². The third-order valence-electron chi connectivity index (χ3n) is 2.03. The second-order valence-electron chi connectivity index (χ2n) is 3.13. The maximum Gasteiger partial charge on any atom is 0.189 e. The molecule has 0 aromatic heterocycles. The van der Waals surface area contributed by atoms with Crippen molar-refractivity contribution in [3.8, 4) is 0 Å². The van der Waals surface area contributed by atoms with Gasteiger partial charge >= 0.3 is 0 Å². The molecule has 0 fully saturated rings. The van der Waals surface area contributed by atoms with Crippen molar-refractivity contribution in [1.82, 2.24) is 0 Å². The first-order chi connectivity index (χ1) is 7.27. The predicted octanol–water partition coefficient (Wildman–Crippen LogP) is 2.09. The molecular weight excluding hydrogens is 188 g/mol. The van der Waals surface area contributed by atoms with Crippen LogP contribution < -0.4 is 5.73 Å². The topological polar surface area (TPSA) is 59.1 Å². The van der Waals surface area contributed by atoms with Crippen molar-refractivity contribution in [3.63, 3.8) is 0 Å². The molecule has 1 aromatic carbocycles. The van der Waals surface area contributed by atoms with Gasteiger partial charge in [-0.05, 0) is 12.5 Å². The van der Waals surface area contributed by atoms with Crippen LogP contribution in [-0.4, -0.2) is 12.8 Å². The van der Waals surface area contributed by atoms with Crippen molar-refractivity contribution in [2.75, 3.05) is 6.61 Å². The maximum atomic E-state index is 7.28. The number of rotatable bonds is 5. The van der Waals surface area contributed by atoms with E-state index in [1.165, 1.54) is 6.21 Å². The van der Waals surface area contributed by atoms with Gasteiger partial charge in [0.1, 0.15) is 0 Å². The van der Waals surface area contributed by atoms with Gasteiger partial charge in [0, 0.05) is 18.2 Å². The molecule has 80 valence electrons. The Hall–Kier alpha value is -1.77. The first-order valence-corrected chi connectivity index (χ1v) is 4.93. The standard InChI is InChI=1S/C12H16N2O/c1-2-15-12(14)11(9-13)8-10-6-4-3-5-7-10/h3-7,9,13H,2,8,14H2,1H3/b12-11+,13-9?. The summed E-state index contributed by atoms with van der Waals surface area (Å²) in [6.45, 7) is 2.40. The molecule has 0 aliphatic rings. The highest BCUT2D eigenvalue weighted by Gasteiger charge is 2.02. The van der Waals surface area contributed by atoms with E-state index in [0.717, 1.165) is 5.56 Å². The van der Waals surface area contributed by atoms with Gasteiger partial charge in [0.25, 0.3) is 0 Å². The average Bonchev–Trinajstić information content (AvgIpc) is 2.27. The van der Waals surface area contributed by atoms with Crippen LogP contribution in [0.1, 0.15) is 12.5 Å². The fourth-order valence-electron chi connectivity index (χ4n) is 1.27. The predicted molar refractivity (Wildman–Crippen MR) is 61.8 cm³/mol. The lowest BCUT2D eigenvalue weighted by molar-refractivity contribution is 0.223. The zero-order valence-corrected chi connectivity index (χ0v) is 8.86. The Morgan fingerprint density at radius 3 is 2.60 bits per heavy atom. The molecule has 0 radical (unpaired) electrons. The van der Waals surface area contributed by atoms with Crippen molar-refractivity contribution in [2.45, 2.75) is 13.3 Å². The van der Waals surface area contributed by atoms with E-state index in [1.807, 2.05) is 37.3 Å². The van der Waals surface area contributed by atoms with Gasteiger partial charge in [0.15, 0.2) is 5.88 Å². The summed E-state index contributed by atoms with van der Waals surface area (Å²) >= 11 is 0. The van der Waals surface area contributed by atoms with Gasteiger partial charge in [0.05, 0.1) is 6.61 Å². The van der Waals surface area contributed by atoms with Crippen LogP contribution in [0.25, 0.3) is 0 Å². The molecule has 3 heteroatoms. The minimum absolute atomic E-state index is 0.344. The highest BCUT2D eigenvalue weighted by molar-refractivity contribution is 5.77. The molecule has 3 nitrogen and oxygen atoms in total. The molecule has 0 spiro atoms. The molecule has 0 bridgehead atoms. The lowest BCUT2D eigenvalue weighted by Crippen LogP contribution is -2.09. The number of benzene rings is 1. The first-order valence-electron chi connectivity index (χ1n) is 4.93. The third kappa shape index (κ3) is 3.46. The van der Waals surface area contributed by atoms with Crippen molar-refractivity contribution in [1.29, 1.82) is 5.41 Å². The fourth-order valence-corrected chi connectivity index (χ4v) is 1.27. The van der Waals surface area contributed by atoms with Crippen LogP contribution in [0.4, 0.5) is 0 Å². The third-order valence-corrected chi connectivity index (χ3v) is 2.03. The second-order valence-corrected chi connectivity index (χ2v) is 3.13. The van der Waals surface area contributed by atoms with Gasteiger partial charge in [-0.3, -0.25) is 0 Å². The summed E-state index contributed by atoms with van der Waals surface area (Å²) in [6, 6.07) is 9.90. The van der Waals surface area contributed by atoms with E-state index in [4.69, 9.17) is 15.9 Å². The lowest BCUT2D eigenvalue weighted by atomic mass is 10.1. The smallest absolute Gasteiger partial charge is 0.189 e. The molecule has 1 aromatic rings. The summed E-state index contributed by atoms with van der Waals surface area (Å²) in [5.41, 5.74) is 7.53. The maximum absolute atomic E-state index is 7.28. The van der Waals surface area contributed by atoms with Gasteiger partial charge in [0.2, 0.25) is 0 Å². The Morgan fingerprint density at radius 1 is 1.40 bits per heavy atom. The van der Waals surface area contributed by atoms with Gasteiger partial charge in [-0.15, -0.1) is 0 Å². The Morgan fingerprint density at radius 2 is 2.07 bits per heavy atom. The number of nitrogens with one attached hydrogen (secondary N) is 1. The van der Waals surface area contributed by atoms with Crippen LogP contribution in [0.2, 0.25) is 0 Å². The lowest BCUT2D eigenvalue weighted by Gasteiger charge is -2.07. The van der Waals surface area contributed by atoms with E-state index in [1.54, 1.807) is 0 Å². The summed E-state index contributed by atoms with van der Waals surface area (Å²) in [4.78, 5) is 0. The summed E-state index contributed by atoms with van der Waals surface area (Å²) in [5.74, 6) is 0.344. The molecule has 0 aliphatic heterocycles. The zero-order chi connectivity index (χ0) is 11.1. The highest BCUT2D eigenvalue weighted by atomic mass is 16.5. The number of hydrogen-bond acceptors (Lipinski definition) is 3. The summed E-state index contributed by atoms with van der Waals surface area (Å²) in [6.07, 6.45) is 1.88. The Labute approximate surface area is 90.1 Å². The fraction of sp³-hybridized carbons (Fsp3) is 0.250. The van der Waals surface area contributed by atoms with E-state index in [-0.39, 0.29) is 0 Å². The normalized spacial score (nSPS) is 11.8. The Balaban J connectivity index is 2.78. The monoisotopic (exact) mass is 204 g/mol. The molecule has 0 unspecified atom stereocenters. The second kappa shape index (κ2) is 5.86. The van der Waals surface area contributed by atoms with Crippen molar-refractivity contribution < 1.29 is 4.74 Å². The largest absolute Gasteiger partial charge is 0.479 e. The van der Waals surface area contributed by atoms with E-state index >= 15 is 0 Å². The molecule has 15 heavy (non-hydrogen) atoms. The number of nitrogens with two attached hydrogens (primary N) is 1. The van der Waals surface area contributed by atoms with Gasteiger partial charge < -0.3 is 15.9 Å². The minimum atomic E-state index is 0.344. The SMILES string of the molecule is CCO/C(N)=C(/C=N)Cc1ccccc1. The van der Waals surface area contributed by atoms with E-state index in [0.29, 0.717) is 24.5 Å². The number of ether oxygens (including phenoxy) is 1. The van der Waals surface area contributed by atoms with Crippen LogP contribution in [0.15, 0.2) is 41.8 Å². The van der Waals surface area contributed by atoms with Crippen LogP contribution in [0, 0.1) is 5.41 Å². The number of allylic oxidation sites excluding steroid dienone is 1. The summed E-state index contributed by atoms with van der Waals surface area (Å²) in [5, 5.41) is 7.28. The summed E-state index contributed by atoms with van der Waals surface area (Å²) < 4.78 is 5.17. The molecule has 0 aliphatic carbocycles. The molecule has 0 atom stereocenters. The Bertz CT molecular complexity index is 344. The van der Waals surface area contributed by atoms with Crippen LogP contribution in [0.5, 0.6) is 0 Å². The van der Waals surface area contributed by atoms with E-state index < -0.39 is 0 Å². The molecule has 3 N–H and O–H groups in total. The molecule has 0 heterocycles. The Kier molecular flexibility index (Phi) is 4.41. The van der Waals surface area contributed by atoms with Crippen LogP contribution in [-0.2, 0) is 11.2 Å². The van der Waals surface area contributed by atoms with Crippen molar-refractivity contribution in [3.05, 3.63) is 47.4 Å². The van der Waals surface area contributed by atoms with Crippen LogP contribution >= 0.6 is 0 Å². The van der Waals surface area contributed by atoms with Crippen molar-refractivity contribution in [2.24, 2.45) is 5.73 Å². The van der Waals surface area contributed by atoms with E-state index in [2.05, 4.69) is 0 Å². The quantitative estimate of drug-likeness (QED) is 0.570. The molecule has 0 saturated heterocycles. The molecule has 0 amide bonds. The first kappa shape index (κ1) is 11.3. The van der Waals surface area contributed by atoms with Gasteiger partial charge in [-0.1, -0.05) is 30.3 Å². The molecule has 1 rings (SSSR count). The van der Waals surface area contributed by atoms with Gasteiger partial charge in [-0.2, -0.15) is 0 Å². The highest BCUT2D eigenvalue weighted by Crippen LogP contribution is 2.08. The van der Waals surface area contributed by atoms with Gasteiger partial charge in [-0.25, -0.2) is 0 Å².